The molecule has 0 aliphatic carbocycles. The summed E-state index contributed by atoms with van der Waals surface area (Å²) in [6.07, 6.45) is 0. The first-order chi connectivity index (χ1) is 12.2. The third kappa shape index (κ3) is 6.75. The number of sulfonamides is 1. The highest BCUT2D eigenvalue weighted by Crippen LogP contribution is 2.26. The molecule has 3 N–H and O–H groups in total. The van der Waals surface area contributed by atoms with Gasteiger partial charge in [-0.25, -0.2) is 8.42 Å². The van der Waals surface area contributed by atoms with E-state index < -0.39 is 10.0 Å². The molecule has 0 saturated heterocycles. The van der Waals surface area contributed by atoms with Crippen molar-refractivity contribution in [2.45, 2.75) is 17.2 Å². The van der Waals surface area contributed by atoms with Gasteiger partial charge in [0.1, 0.15) is 4.21 Å². The van der Waals surface area contributed by atoms with Crippen LogP contribution in [-0.2, 0) is 10.0 Å². The van der Waals surface area contributed by atoms with Gasteiger partial charge in [0.25, 0.3) is 10.0 Å². The summed E-state index contributed by atoms with van der Waals surface area (Å²) in [7, 11) is -1.96. The third-order valence-corrected chi connectivity index (χ3v) is 7.44. The molecule has 0 aliphatic rings. The number of nitrogens with two attached hydrogens (primary N) is 1. The van der Waals surface area contributed by atoms with Gasteiger partial charge in [0.15, 0.2) is 5.96 Å². The first-order valence-corrected chi connectivity index (χ1v) is 10.8. The number of nitrogens with one attached hydrogen (secondary N) is 1. The van der Waals surface area contributed by atoms with Crippen LogP contribution in [0, 0.1) is 0 Å². The Labute approximate surface area is 190 Å². The van der Waals surface area contributed by atoms with Crippen LogP contribution in [0.25, 0.3) is 0 Å². The van der Waals surface area contributed by atoms with E-state index in [1.165, 1.54) is 22.7 Å². The second-order valence-electron chi connectivity index (χ2n) is 5.56. The number of rotatable bonds is 7. The Hall–Kier alpha value is -0.590. The van der Waals surface area contributed by atoms with E-state index >= 15 is 0 Å². The molecule has 0 aliphatic heterocycles. The molecule has 2 rings (SSSR count). The van der Waals surface area contributed by atoms with Gasteiger partial charge in [-0.2, -0.15) is 4.31 Å². The maximum absolute atomic E-state index is 12.3. The molecule has 11 heteroatoms. The zero-order valence-corrected chi connectivity index (χ0v) is 20.2. The maximum Gasteiger partial charge on any atom is 0.252 e. The van der Waals surface area contributed by atoms with E-state index in [0.717, 1.165) is 5.56 Å². The van der Waals surface area contributed by atoms with Crippen LogP contribution in [0.4, 0.5) is 0 Å². The number of guanidine groups is 1. The van der Waals surface area contributed by atoms with Gasteiger partial charge >= 0.3 is 0 Å². The molecule has 0 bridgehead atoms. The van der Waals surface area contributed by atoms with Gasteiger partial charge in [-0.15, -0.1) is 35.3 Å². The highest BCUT2D eigenvalue weighted by atomic mass is 127. The number of hydrogen-bond acceptors (Lipinski definition) is 4. The van der Waals surface area contributed by atoms with Crippen LogP contribution in [0.1, 0.15) is 18.5 Å². The Balaban J connectivity index is 0.00000364. The molecule has 2 aromatic rings. The fourth-order valence-corrected chi connectivity index (χ4v) is 5.13. The minimum absolute atomic E-state index is 0. The summed E-state index contributed by atoms with van der Waals surface area (Å²) in [6.45, 7) is 2.35. The second-order valence-corrected chi connectivity index (χ2v) is 9.62. The normalized spacial score (nSPS) is 13.3. The van der Waals surface area contributed by atoms with Gasteiger partial charge < -0.3 is 11.1 Å². The molecular formula is C16H21Cl2IN4O2S2. The van der Waals surface area contributed by atoms with Crippen molar-refractivity contribution in [1.82, 2.24) is 9.62 Å². The van der Waals surface area contributed by atoms with Gasteiger partial charge in [0.2, 0.25) is 0 Å². The van der Waals surface area contributed by atoms with Crippen molar-refractivity contribution in [2.24, 2.45) is 10.7 Å². The van der Waals surface area contributed by atoms with Crippen molar-refractivity contribution < 1.29 is 8.42 Å². The highest BCUT2D eigenvalue weighted by Gasteiger charge is 2.21. The Bertz CT molecular complexity index is 877. The lowest BCUT2D eigenvalue weighted by atomic mass is 10.1. The van der Waals surface area contributed by atoms with Crippen molar-refractivity contribution in [3.8, 4) is 0 Å². The molecule has 1 atom stereocenters. The van der Waals surface area contributed by atoms with E-state index in [1.54, 1.807) is 29.6 Å². The number of thiophene rings is 1. The second kappa shape index (κ2) is 10.8. The summed E-state index contributed by atoms with van der Waals surface area (Å²) in [6, 6.07) is 8.34. The van der Waals surface area contributed by atoms with Crippen LogP contribution < -0.4 is 11.1 Å². The van der Waals surface area contributed by atoms with Crippen LogP contribution >= 0.6 is 58.5 Å². The lowest BCUT2D eigenvalue weighted by molar-refractivity contribution is 0.478. The van der Waals surface area contributed by atoms with Gasteiger partial charge in [0.05, 0.1) is 12.6 Å². The Morgan fingerprint density at radius 2 is 2.07 bits per heavy atom. The van der Waals surface area contributed by atoms with Crippen molar-refractivity contribution in [3.63, 3.8) is 0 Å². The molecule has 1 aromatic carbocycles. The number of benzene rings is 1. The van der Waals surface area contributed by atoms with E-state index in [2.05, 4.69) is 10.3 Å². The van der Waals surface area contributed by atoms with E-state index in [-0.39, 0.29) is 49.1 Å². The summed E-state index contributed by atoms with van der Waals surface area (Å²) in [5.41, 5.74) is 6.73. The molecular weight excluding hydrogens is 542 g/mol. The van der Waals surface area contributed by atoms with Crippen LogP contribution in [0.5, 0.6) is 0 Å². The highest BCUT2D eigenvalue weighted by molar-refractivity contribution is 14.0. The predicted molar refractivity (Wildman–Crippen MR) is 124 cm³/mol. The summed E-state index contributed by atoms with van der Waals surface area (Å²) < 4.78 is 26.2. The molecule has 1 aromatic heterocycles. The van der Waals surface area contributed by atoms with Crippen molar-refractivity contribution in [1.29, 1.82) is 0 Å². The molecule has 150 valence electrons. The number of halogens is 3. The number of nitrogens with zero attached hydrogens (tertiary/aromatic N) is 2. The van der Waals surface area contributed by atoms with Crippen molar-refractivity contribution in [3.05, 3.63) is 51.3 Å². The third-order valence-electron chi connectivity index (χ3n) is 3.65. The van der Waals surface area contributed by atoms with Crippen LogP contribution in [0.2, 0.25) is 10.0 Å². The molecule has 0 fully saturated rings. The van der Waals surface area contributed by atoms with Crippen LogP contribution in [0.3, 0.4) is 0 Å². The lowest BCUT2D eigenvalue weighted by Crippen LogP contribution is -2.35. The summed E-state index contributed by atoms with van der Waals surface area (Å²) in [4.78, 5) is 4.18. The Morgan fingerprint density at radius 3 is 2.67 bits per heavy atom. The molecule has 1 unspecified atom stereocenters. The molecule has 0 amide bonds. The number of likely N-dealkylation sites (N-methyl/N-ethyl adjacent to an activating group) is 1. The minimum Gasteiger partial charge on any atom is -0.370 e. The topological polar surface area (TPSA) is 87.8 Å². The lowest BCUT2D eigenvalue weighted by Gasteiger charge is -2.17. The molecule has 1 heterocycles. The van der Waals surface area contributed by atoms with Crippen LogP contribution in [0.15, 0.2) is 44.9 Å². The maximum atomic E-state index is 12.3. The number of aliphatic imine (C=N–C) groups is 1. The molecule has 0 saturated carbocycles. The average molecular weight is 563 g/mol. The quantitative estimate of drug-likeness (QED) is 0.304. The fourth-order valence-electron chi connectivity index (χ4n) is 2.19. The summed E-state index contributed by atoms with van der Waals surface area (Å²) in [5, 5.41) is 5.85. The first kappa shape index (κ1) is 24.4. The standard InChI is InChI=1S/C16H20Cl2N4O2S2.HI/c1-11(13-6-5-12(17)10-14(13)18)21-16(19)20-7-8-22(2)26(23,24)15-4-3-9-25-15;/h3-6,9-11H,7-8H2,1-2H3,(H3,19,20,21);1H. The SMILES string of the molecule is CC(NC(N)=NCCN(C)S(=O)(=O)c1cccs1)c1ccc(Cl)cc1Cl.I. The van der Waals surface area contributed by atoms with Gasteiger partial charge in [-0.3, -0.25) is 4.99 Å². The summed E-state index contributed by atoms with van der Waals surface area (Å²) >= 11 is 13.3. The van der Waals surface area contributed by atoms with E-state index in [9.17, 15) is 8.42 Å². The van der Waals surface area contributed by atoms with Gasteiger partial charge in [-0.05, 0) is 36.1 Å². The van der Waals surface area contributed by atoms with Crippen LogP contribution in [-0.4, -0.2) is 38.8 Å². The zero-order chi connectivity index (χ0) is 19.3. The van der Waals surface area contributed by atoms with E-state index in [4.69, 9.17) is 28.9 Å². The molecule has 6 nitrogen and oxygen atoms in total. The van der Waals surface area contributed by atoms with Gasteiger partial charge in [0, 0.05) is 23.6 Å². The van der Waals surface area contributed by atoms with Gasteiger partial charge in [-0.1, -0.05) is 35.3 Å². The zero-order valence-electron chi connectivity index (χ0n) is 14.7. The Morgan fingerprint density at radius 1 is 1.37 bits per heavy atom. The summed E-state index contributed by atoms with van der Waals surface area (Å²) in [5.74, 6) is 0.213. The van der Waals surface area contributed by atoms with Crippen molar-refractivity contribution in [2.75, 3.05) is 20.1 Å². The first-order valence-electron chi connectivity index (χ1n) is 7.73. The number of hydrogen-bond donors (Lipinski definition) is 2. The monoisotopic (exact) mass is 562 g/mol. The average Bonchev–Trinajstić information content (AvgIpc) is 3.09. The largest absolute Gasteiger partial charge is 0.370 e. The van der Waals surface area contributed by atoms with Crippen molar-refractivity contribution >= 4 is 74.5 Å². The van der Waals surface area contributed by atoms with E-state index in [0.29, 0.717) is 14.3 Å². The Kier molecular flexibility index (Phi) is 9.80. The minimum atomic E-state index is -3.48. The molecule has 0 spiro atoms. The smallest absolute Gasteiger partial charge is 0.252 e. The molecule has 0 radical (unpaired) electrons. The predicted octanol–water partition coefficient (Wildman–Crippen LogP) is 3.96. The molecule has 27 heavy (non-hydrogen) atoms. The van der Waals surface area contributed by atoms with E-state index in [1.807, 2.05) is 13.0 Å². The fraction of sp³-hybridized carbons (Fsp3) is 0.312.